The minimum Gasteiger partial charge on any atom is -0.356 e. The molecule has 2 aromatic carbocycles. The molecular formula is C35H41F6N3O2. The van der Waals surface area contributed by atoms with E-state index in [-0.39, 0.29) is 34.9 Å². The Morgan fingerprint density at radius 1 is 1.02 bits per heavy atom. The van der Waals surface area contributed by atoms with Gasteiger partial charge in [0, 0.05) is 31.5 Å². The number of rotatable bonds is 8. The molecule has 2 N–H and O–H groups in total. The molecule has 3 aliphatic rings. The van der Waals surface area contributed by atoms with E-state index in [0.29, 0.717) is 50.3 Å². The maximum atomic E-state index is 14.0. The van der Waals surface area contributed by atoms with Gasteiger partial charge in [0.2, 0.25) is 11.8 Å². The van der Waals surface area contributed by atoms with Crippen LogP contribution in [0.5, 0.6) is 0 Å². The Labute approximate surface area is 265 Å². The van der Waals surface area contributed by atoms with Gasteiger partial charge in [0.15, 0.2) is 0 Å². The topological polar surface area (TPSA) is 61.4 Å². The zero-order chi connectivity index (χ0) is 33.5. The van der Waals surface area contributed by atoms with E-state index < -0.39 is 34.9 Å². The van der Waals surface area contributed by atoms with Crippen LogP contribution in [0.4, 0.5) is 26.3 Å². The van der Waals surface area contributed by atoms with Gasteiger partial charge in [-0.2, -0.15) is 26.3 Å². The first-order valence-corrected chi connectivity index (χ1v) is 15.9. The van der Waals surface area contributed by atoms with Crippen molar-refractivity contribution < 1.29 is 35.9 Å². The fourth-order valence-electron chi connectivity index (χ4n) is 7.86. The van der Waals surface area contributed by atoms with Crippen LogP contribution in [0, 0.1) is 11.3 Å². The number of hydrogen-bond acceptors (Lipinski definition) is 3. The summed E-state index contributed by atoms with van der Waals surface area (Å²) in [7, 11) is 0. The minimum absolute atomic E-state index is 0.0336. The Hall–Kier alpha value is -3.34. The highest BCUT2D eigenvalue weighted by atomic mass is 19.4. The Bertz CT molecular complexity index is 1460. The van der Waals surface area contributed by atoms with Crippen LogP contribution in [0.25, 0.3) is 6.08 Å². The number of benzene rings is 2. The number of carbonyl (C=O) groups is 2. The summed E-state index contributed by atoms with van der Waals surface area (Å²) >= 11 is 0. The van der Waals surface area contributed by atoms with Crippen molar-refractivity contribution in [2.75, 3.05) is 19.6 Å². The normalized spacial score (nSPS) is 27.1. The third-order valence-corrected chi connectivity index (χ3v) is 10.5. The molecule has 2 unspecified atom stereocenters. The zero-order valence-electron chi connectivity index (χ0n) is 26.3. The summed E-state index contributed by atoms with van der Waals surface area (Å²) in [5, 5.41) is 5.53. The number of fused-ring (bicyclic) bond motifs is 2. The van der Waals surface area contributed by atoms with Gasteiger partial charge in [-0.25, -0.2) is 0 Å². The average Bonchev–Trinajstić information content (AvgIpc) is 3.59. The highest BCUT2D eigenvalue weighted by molar-refractivity contribution is 5.83. The number of likely N-dealkylation sites (tertiary alicyclic amines) is 1. The van der Waals surface area contributed by atoms with Crippen LogP contribution in [0.1, 0.15) is 93.2 Å². The van der Waals surface area contributed by atoms with Gasteiger partial charge in [-0.3, -0.25) is 14.5 Å². The minimum atomic E-state index is -4.98. The van der Waals surface area contributed by atoms with Crippen molar-refractivity contribution >= 4 is 17.9 Å². The van der Waals surface area contributed by atoms with Crippen molar-refractivity contribution in [3.8, 4) is 0 Å². The number of halogens is 6. The van der Waals surface area contributed by atoms with Gasteiger partial charge >= 0.3 is 12.4 Å². The summed E-state index contributed by atoms with van der Waals surface area (Å²) in [5.41, 5.74) is -1.41. The van der Waals surface area contributed by atoms with Gasteiger partial charge in [-0.1, -0.05) is 43.3 Å². The summed E-state index contributed by atoms with van der Waals surface area (Å²) < 4.78 is 81.1. The van der Waals surface area contributed by atoms with Crippen molar-refractivity contribution in [3.05, 3.63) is 76.4 Å². The van der Waals surface area contributed by atoms with Gasteiger partial charge in [0.25, 0.3) is 0 Å². The molecule has 2 aromatic rings. The lowest BCUT2D eigenvalue weighted by atomic mass is 9.67. The highest BCUT2D eigenvalue weighted by Gasteiger charge is 2.50. The number of amides is 2. The van der Waals surface area contributed by atoms with Crippen molar-refractivity contribution in [3.63, 3.8) is 0 Å². The molecule has 2 amide bonds. The second kappa shape index (κ2) is 12.7. The van der Waals surface area contributed by atoms with Crippen LogP contribution in [0.2, 0.25) is 0 Å². The van der Waals surface area contributed by atoms with E-state index in [2.05, 4.69) is 52.8 Å². The van der Waals surface area contributed by atoms with Gasteiger partial charge in [-0.15, -0.1) is 0 Å². The molecule has 11 heteroatoms. The standard InChI is InChI=1S/C35H41F6N3O2/c1-22-21-44(16-14-33(22)13-9-25-7-4-5-8-30(25)33)29-10-12-32(20-29,11-6-15-42-24(3)45)31(46)43-23(2)26-17-27(34(36,37)38)19-28(18-26)35(39,40)41/h4-5,7-9,13,17-19,22-23,29H,6,10-12,14-16,20-21H2,1-3H3,(H,42,45)(H,43,46)/t22-,23+,29?,32?,33-/m0/s1. The fourth-order valence-corrected chi connectivity index (χ4v) is 7.86. The molecule has 2 fully saturated rings. The molecule has 5 nitrogen and oxygen atoms in total. The summed E-state index contributed by atoms with van der Waals surface area (Å²) in [6.07, 6.45) is -1.76. The van der Waals surface area contributed by atoms with Gasteiger partial charge in [0.1, 0.15) is 0 Å². The maximum Gasteiger partial charge on any atom is 0.416 e. The Morgan fingerprint density at radius 3 is 2.33 bits per heavy atom. The molecule has 0 aromatic heterocycles. The largest absolute Gasteiger partial charge is 0.416 e. The molecule has 2 aliphatic carbocycles. The van der Waals surface area contributed by atoms with Gasteiger partial charge in [0.05, 0.1) is 22.6 Å². The second-order valence-corrected chi connectivity index (χ2v) is 13.4. The van der Waals surface area contributed by atoms with E-state index in [0.717, 1.165) is 25.9 Å². The summed E-state index contributed by atoms with van der Waals surface area (Å²) in [6, 6.07) is 8.89. The van der Waals surface area contributed by atoms with Crippen molar-refractivity contribution in [1.29, 1.82) is 0 Å². The predicted octanol–water partition coefficient (Wildman–Crippen LogP) is 7.66. The SMILES string of the molecule is CC(=O)NCCCC1(C(=O)N[C@H](C)c2cc(C(F)(F)F)cc(C(F)(F)F)c2)CCC(N2CC[C@@]3(C=Cc4ccccc43)[C@@H](C)C2)C1. The summed E-state index contributed by atoms with van der Waals surface area (Å²) in [6.45, 7) is 7.12. The number of carbonyl (C=O) groups excluding carboxylic acids is 2. The molecule has 1 aliphatic heterocycles. The Morgan fingerprint density at radius 2 is 1.70 bits per heavy atom. The Balaban J connectivity index is 1.33. The molecule has 0 bridgehead atoms. The van der Waals surface area contributed by atoms with E-state index in [1.165, 1.54) is 25.0 Å². The first kappa shape index (κ1) is 34.0. The molecule has 5 atom stereocenters. The number of allylic oxidation sites excluding steroid dienone is 1. The van der Waals surface area contributed by atoms with Gasteiger partial charge < -0.3 is 10.6 Å². The van der Waals surface area contributed by atoms with Crippen LogP contribution in [0.15, 0.2) is 48.5 Å². The second-order valence-electron chi connectivity index (χ2n) is 13.4. The average molecular weight is 650 g/mol. The molecule has 5 rings (SSSR count). The molecule has 46 heavy (non-hydrogen) atoms. The van der Waals surface area contributed by atoms with Crippen molar-refractivity contribution in [2.45, 2.75) is 89.1 Å². The molecule has 0 radical (unpaired) electrons. The number of nitrogens with zero attached hydrogens (tertiary/aromatic N) is 1. The highest BCUT2D eigenvalue weighted by Crippen LogP contribution is 2.50. The summed E-state index contributed by atoms with van der Waals surface area (Å²) in [5.74, 6) is -0.251. The maximum absolute atomic E-state index is 14.0. The van der Waals surface area contributed by atoms with Crippen LogP contribution < -0.4 is 10.6 Å². The molecule has 1 spiro atoms. The fraction of sp³-hybridized carbons (Fsp3) is 0.543. The van der Waals surface area contributed by atoms with Crippen molar-refractivity contribution in [2.24, 2.45) is 11.3 Å². The number of hydrogen-bond donors (Lipinski definition) is 2. The van der Waals surface area contributed by atoms with Crippen molar-refractivity contribution in [1.82, 2.24) is 15.5 Å². The van der Waals surface area contributed by atoms with E-state index in [4.69, 9.17) is 0 Å². The lowest BCUT2D eigenvalue weighted by Gasteiger charge is -2.46. The molecule has 1 saturated heterocycles. The quantitative estimate of drug-likeness (QED) is 0.228. The zero-order valence-corrected chi connectivity index (χ0v) is 26.3. The van der Waals surface area contributed by atoms with E-state index >= 15 is 0 Å². The van der Waals surface area contributed by atoms with Gasteiger partial charge in [-0.05, 0) is 92.8 Å². The monoisotopic (exact) mass is 649 g/mol. The predicted molar refractivity (Wildman–Crippen MR) is 164 cm³/mol. The molecule has 1 heterocycles. The van der Waals surface area contributed by atoms with E-state index in [1.807, 2.05) is 6.07 Å². The van der Waals surface area contributed by atoms with Crippen LogP contribution in [-0.4, -0.2) is 42.4 Å². The molecule has 250 valence electrons. The third-order valence-electron chi connectivity index (χ3n) is 10.5. The Kier molecular flexibility index (Phi) is 9.38. The number of alkyl halides is 6. The lowest BCUT2D eigenvalue weighted by molar-refractivity contribution is -0.143. The molecular weight excluding hydrogens is 608 g/mol. The molecule has 1 saturated carbocycles. The number of piperidine rings is 1. The van der Waals surface area contributed by atoms with Crippen LogP contribution in [-0.2, 0) is 27.4 Å². The first-order chi connectivity index (χ1) is 21.5. The van der Waals surface area contributed by atoms with E-state index in [1.54, 1.807) is 0 Å². The summed E-state index contributed by atoms with van der Waals surface area (Å²) in [4.78, 5) is 27.9. The van der Waals surface area contributed by atoms with E-state index in [9.17, 15) is 35.9 Å². The first-order valence-electron chi connectivity index (χ1n) is 15.9. The lowest BCUT2D eigenvalue weighted by Crippen LogP contribution is -2.51. The number of nitrogens with one attached hydrogen (secondary N) is 2. The van der Waals surface area contributed by atoms with Crippen LogP contribution >= 0.6 is 0 Å². The van der Waals surface area contributed by atoms with Crippen LogP contribution in [0.3, 0.4) is 0 Å². The third kappa shape index (κ3) is 6.85. The smallest absolute Gasteiger partial charge is 0.356 e.